The molecule has 0 aromatic heterocycles. The van der Waals surface area contributed by atoms with E-state index in [9.17, 15) is 9.59 Å². The molecule has 1 rings (SSSR count). The minimum Gasteiger partial charge on any atom is -0.465 e. The maximum absolute atomic E-state index is 11.6. The molecule has 0 aliphatic heterocycles. The van der Waals surface area contributed by atoms with Crippen LogP contribution in [-0.2, 0) is 4.74 Å². The summed E-state index contributed by atoms with van der Waals surface area (Å²) in [6.07, 6.45) is 0. The maximum atomic E-state index is 11.6. The number of rotatable bonds is 2. The van der Waals surface area contributed by atoms with Crippen molar-refractivity contribution in [1.29, 1.82) is 0 Å². The fourth-order valence-electron chi connectivity index (χ4n) is 1.19. The van der Waals surface area contributed by atoms with E-state index in [0.29, 0.717) is 10.5 Å². The summed E-state index contributed by atoms with van der Waals surface area (Å²) in [5, 5.41) is -0.126. The van der Waals surface area contributed by atoms with Crippen LogP contribution in [0.4, 0.5) is 4.79 Å². The molecular weight excluding hydrogens is 250 g/mol. The van der Waals surface area contributed by atoms with Gasteiger partial charge in [0.2, 0.25) is 0 Å². The second-order valence-electron chi connectivity index (χ2n) is 3.75. The monoisotopic (exact) mass is 269 g/mol. The zero-order valence-electron chi connectivity index (χ0n) is 10.3. The molecule has 18 heavy (non-hydrogen) atoms. The zero-order chi connectivity index (χ0) is 13.0. The largest absolute Gasteiger partial charge is 0.465 e. The van der Waals surface area contributed by atoms with Crippen molar-refractivity contribution >= 4 is 23.0 Å². The SMILES string of the molecule is C.COC(=O)c1cc(C)ccc1SC(=O)N(C)C. The number of hydrogen-bond acceptors (Lipinski definition) is 4. The van der Waals surface area contributed by atoms with E-state index in [-0.39, 0.29) is 12.7 Å². The number of esters is 1. The first kappa shape index (κ1) is 16.5. The van der Waals surface area contributed by atoms with Crippen molar-refractivity contribution in [3.8, 4) is 0 Å². The summed E-state index contributed by atoms with van der Waals surface area (Å²) in [6.45, 7) is 1.88. The van der Waals surface area contributed by atoms with Gasteiger partial charge in [-0.3, -0.25) is 4.79 Å². The number of carbonyl (C=O) groups excluding carboxylic acids is 2. The average molecular weight is 269 g/mol. The Labute approximate surface area is 112 Å². The maximum Gasteiger partial charge on any atom is 0.339 e. The number of nitrogens with zero attached hydrogens (tertiary/aromatic N) is 1. The predicted molar refractivity (Wildman–Crippen MR) is 74.2 cm³/mol. The van der Waals surface area contributed by atoms with Crippen LogP contribution in [0.5, 0.6) is 0 Å². The molecule has 0 saturated carbocycles. The van der Waals surface area contributed by atoms with Crippen LogP contribution in [0.15, 0.2) is 23.1 Å². The Bertz CT molecular complexity index is 444. The highest BCUT2D eigenvalue weighted by molar-refractivity contribution is 8.13. The summed E-state index contributed by atoms with van der Waals surface area (Å²) >= 11 is 1.02. The van der Waals surface area contributed by atoms with E-state index in [1.165, 1.54) is 12.0 Å². The molecule has 0 atom stereocenters. The topological polar surface area (TPSA) is 46.6 Å². The summed E-state index contributed by atoms with van der Waals surface area (Å²) in [7, 11) is 4.66. The van der Waals surface area contributed by atoms with Gasteiger partial charge in [-0.05, 0) is 30.8 Å². The van der Waals surface area contributed by atoms with Gasteiger partial charge in [0.05, 0.1) is 12.7 Å². The van der Waals surface area contributed by atoms with Crippen LogP contribution in [0, 0.1) is 6.92 Å². The molecule has 0 saturated heterocycles. The second-order valence-corrected chi connectivity index (χ2v) is 4.75. The van der Waals surface area contributed by atoms with E-state index in [1.807, 2.05) is 13.0 Å². The van der Waals surface area contributed by atoms with Crippen molar-refractivity contribution in [3.63, 3.8) is 0 Å². The lowest BCUT2D eigenvalue weighted by Gasteiger charge is -2.11. The van der Waals surface area contributed by atoms with Crippen molar-refractivity contribution in [3.05, 3.63) is 29.3 Å². The van der Waals surface area contributed by atoms with E-state index in [1.54, 1.807) is 26.2 Å². The minimum absolute atomic E-state index is 0. The van der Waals surface area contributed by atoms with E-state index in [0.717, 1.165) is 17.3 Å². The average Bonchev–Trinajstić information content (AvgIpc) is 2.30. The van der Waals surface area contributed by atoms with Gasteiger partial charge in [-0.25, -0.2) is 4.79 Å². The lowest BCUT2D eigenvalue weighted by atomic mass is 10.1. The van der Waals surface area contributed by atoms with Crippen LogP contribution >= 0.6 is 11.8 Å². The van der Waals surface area contributed by atoms with Crippen molar-refractivity contribution < 1.29 is 14.3 Å². The highest BCUT2D eigenvalue weighted by atomic mass is 32.2. The Morgan fingerprint density at radius 2 is 1.89 bits per heavy atom. The number of thioether (sulfide) groups is 1. The molecule has 5 heteroatoms. The van der Waals surface area contributed by atoms with Crippen LogP contribution in [0.2, 0.25) is 0 Å². The smallest absolute Gasteiger partial charge is 0.339 e. The highest BCUT2D eigenvalue weighted by Gasteiger charge is 2.16. The molecule has 0 N–H and O–H groups in total. The van der Waals surface area contributed by atoms with E-state index >= 15 is 0 Å². The third-order valence-electron chi connectivity index (χ3n) is 2.10. The van der Waals surface area contributed by atoms with Crippen LogP contribution < -0.4 is 0 Å². The molecule has 4 nitrogen and oxygen atoms in total. The van der Waals surface area contributed by atoms with Gasteiger partial charge in [0.25, 0.3) is 5.24 Å². The van der Waals surface area contributed by atoms with E-state index < -0.39 is 5.97 Å². The zero-order valence-corrected chi connectivity index (χ0v) is 11.1. The Balaban J connectivity index is 0.00000289. The van der Waals surface area contributed by atoms with Crippen molar-refractivity contribution in [1.82, 2.24) is 4.90 Å². The lowest BCUT2D eigenvalue weighted by molar-refractivity contribution is 0.0596. The molecule has 0 heterocycles. The Hall–Kier alpha value is -1.49. The first-order valence-electron chi connectivity index (χ1n) is 5.03. The van der Waals surface area contributed by atoms with Gasteiger partial charge < -0.3 is 9.64 Å². The van der Waals surface area contributed by atoms with Crippen molar-refractivity contribution in [2.45, 2.75) is 19.2 Å². The first-order valence-corrected chi connectivity index (χ1v) is 5.85. The predicted octanol–water partition coefficient (Wildman–Crippen LogP) is 3.19. The number of benzene rings is 1. The third-order valence-corrected chi connectivity index (χ3v) is 3.22. The van der Waals surface area contributed by atoms with Gasteiger partial charge in [-0.2, -0.15) is 0 Å². The molecule has 0 spiro atoms. The summed E-state index contributed by atoms with van der Waals surface area (Å²) in [6, 6.07) is 5.34. The first-order chi connectivity index (χ1) is 7.95. The Kier molecular flexibility index (Phi) is 6.47. The van der Waals surface area contributed by atoms with E-state index in [2.05, 4.69) is 0 Å². The fourth-order valence-corrected chi connectivity index (χ4v) is 1.95. The standard InChI is InChI=1S/C12H15NO3S.CH4/c1-8-5-6-10(17-12(15)13(2)3)9(7-8)11(14)16-4;/h5-7H,1-4H3;1H4. The molecule has 0 unspecified atom stereocenters. The van der Waals surface area contributed by atoms with Gasteiger partial charge in [0.15, 0.2) is 0 Å². The number of carbonyl (C=O) groups is 2. The van der Waals surface area contributed by atoms with Crippen molar-refractivity contribution in [2.75, 3.05) is 21.2 Å². The molecule has 0 fully saturated rings. The van der Waals surface area contributed by atoms with Gasteiger partial charge in [-0.1, -0.05) is 19.1 Å². The van der Waals surface area contributed by atoms with Crippen LogP contribution in [0.3, 0.4) is 0 Å². The summed E-state index contributed by atoms with van der Waals surface area (Å²) in [5.41, 5.74) is 1.37. The Morgan fingerprint density at radius 1 is 1.28 bits per heavy atom. The van der Waals surface area contributed by atoms with Gasteiger partial charge >= 0.3 is 5.97 Å². The number of hydrogen-bond donors (Lipinski definition) is 0. The Morgan fingerprint density at radius 3 is 2.39 bits per heavy atom. The number of aryl methyl sites for hydroxylation is 1. The molecule has 1 amide bonds. The number of methoxy groups -OCH3 is 1. The molecule has 1 aromatic rings. The number of ether oxygens (including phenoxy) is 1. The summed E-state index contributed by atoms with van der Waals surface area (Å²) in [5.74, 6) is -0.428. The molecule has 0 aliphatic rings. The van der Waals surface area contributed by atoms with Crippen LogP contribution in [0.25, 0.3) is 0 Å². The lowest BCUT2D eigenvalue weighted by Crippen LogP contribution is -2.16. The number of amides is 1. The molecule has 0 bridgehead atoms. The second kappa shape index (κ2) is 7.06. The van der Waals surface area contributed by atoms with Gasteiger partial charge in [0, 0.05) is 19.0 Å². The van der Waals surface area contributed by atoms with E-state index in [4.69, 9.17) is 4.74 Å². The minimum atomic E-state index is -0.428. The van der Waals surface area contributed by atoms with Gasteiger partial charge in [0.1, 0.15) is 0 Å². The highest BCUT2D eigenvalue weighted by Crippen LogP contribution is 2.26. The van der Waals surface area contributed by atoms with Crippen LogP contribution in [0.1, 0.15) is 23.3 Å². The molecule has 0 aliphatic carbocycles. The quantitative estimate of drug-likeness (QED) is 0.611. The molecular formula is C13H19NO3S. The molecule has 0 radical (unpaired) electrons. The fraction of sp³-hybridized carbons (Fsp3) is 0.385. The normalized spacial score (nSPS) is 9.33. The molecule has 1 aromatic carbocycles. The van der Waals surface area contributed by atoms with Crippen molar-refractivity contribution in [2.24, 2.45) is 0 Å². The van der Waals surface area contributed by atoms with Gasteiger partial charge in [-0.15, -0.1) is 0 Å². The molecule has 100 valence electrons. The third kappa shape index (κ3) is 4.07. The summed E-state index contributed by atoms with van der Waals surface area (Å²) in [4.78, 5) is 25.3. The van der Waals surface area contributed by atoms with Crippen LogP contribution in [-0.4, -0.2) is 37.3 Å². The summed E-state index contributed by atoms with van der Waals surface area (Å²) < 4.78 is 4.70.